The minimum atomic E-state index is 0.696. The maximum atomic E-state index is 4.50. The van der Waals surface area contributed by atoms with Crippen LogP contribution >= 0.6 is 0 Å². The highest BCUT2D eigenvalue weighted by Crippen LogP contribution is 2.31. The van der Waals surface area contributed by atoms with Crippen molar-refractivity contribution in [2.75, 3.05) is 11.9 Å². The number of nitrogens with one attached hydrogen (secondary N) is 1. The number of anilines is 1. The SMILES string of the molecule is c1cn(C2CCCC2)c(NCC2CCCCC2)n1. The molecule has 18 heavy (non-hydrogen) atoms. The van der Waals surface area contributed by atoms with Gasteiger partial charge >= 0.3 is 0 Å². The topological polar surface area (TPSA) is 29.9 Å². The highest BCUT2D eigenvalue weighted by Gasteiger charge is 2.20. The summed E-state index contributed by atoms with van der Waals surface area (Å²) < 4.78 is 2.37. The van der Waals surface area contributed by atoms with Crippen molar-refractivity contribution in [3.05, 3.63) is 12.4 Å². The molecule has 0 aromatic carbocycles. The fourth-order valence-electron chi connectivity index (χ4n) is 3.55. The molecule has 0 atom stereocenters. The van der Waals surface area contributed by atoms with Crippen LogP contribution in [0.3, 0.4) is 0 Å². The Hall–Kier alpha value is -0.990. The standard InChI is InChI=1S/C15H25N3/c1-2-6-13(7-3-1)12-17-15-16-10-11-18(15)14-8-4-5-9-14/h10-11,13-14H,1-9,12H2,(H,16,17). The van der Waals surface area contributed by atoms with Gasteiger partial charge in [0.1, 0.15) is 0 Å². The molecule has 2 aliphatic carbocycles. The lowest BCUT2D eigenvalue weighted by atomic mass is 9.89. The van der Waals surface area contributed by atoms with Gasteiger partial charge in [0.15, 0.2) is 0 Å². The highest BCUT2D eigenvalue weighted by molar-refractivity contribution is 5.27. The number of hydrogen-bond acceptors (Lipinski definition) is 2. The quantitative estimate of drug-likeness (QED) is 0.872. The van der Waals surface area contributed by atoms with E-state index >= 15 is 0 Å². The van der Waals surface area contributed by atoms with E-state index in [2.05, 4.69) is 21.1 Å². The van der Waals surface area contributed by atoms with E-state index in [1.807, 2.05) is 6.20 Å². The first-order valence-electron chi connectivity index (χ1n) is 7.70. The van der Waals surface area contributed by atoms with Gasteiger partial charge in [-0.15, -0.1) is 0 Å². The first kappa shape index (κ1) is 12.1. The molecule has 0 bridgehead atoms. The number of aromatic nitrogens is 2. The highest BCUT2D eigenvalue weighted by atomic mass is 15.2. The Morgan fingerprint density at radius 2 is 1.78 bits per heavy atom. The Balaban J connectivity index is 1.56. The molecule has 100 valence electrons. The molecular formula is C15H25N3. The molecule has 1 heterocycles. The minimum Gasteiger partial charge on any atom is -0.355 e. The fourth-order valence-corrected chi connectivity index (χ4v) is 3.55. The van der Waals surface area contributed by atoms with Crippen LogP contribution in [0.4, 0.5) is 5.95 Å². The van der Waals surface area contributed by atoms with Crippen LogP contribution in [0.2, 0.25) is 0 Å². The van der Waals surface area contributed by atoms with Crippen molar-refractivity contribution in [1.29, 1.82) is 0 Å². The van der Waals surface area contributed by atoms with E-state index < -0.39 is 0 Å². The molecule has 1 aromatic heterocycles. The normalized spacial score (nSPS) is 22.4. The van der Waals surface area contributed by atoms with Gasteiger partial charge in [0.2, 0.25) is 5.95 Å². The Morgan fingerprint density at radius 3 is 2.56 bits per heavy atom. The Morgan fingerprint density at radius 1 is 1.06 bits per heavy atom. The second-order valence-electron chi connectivity index (χ2n) is 5.98. The van der Waals surface area contributed by atoms with Crippen molar-refractivity contribution in [1.82, 2.24) is 9.55 Å². The smallest absolute Gasteiger partial charge is 0.203 e. The van der Waals surface area contributed by atoms with E-state index in [0.717, 1.165) is 18.4 Å². The molecular weight excluding hydrogens is 222 g/mol. The van der Waals surface area contributed by atoms with E-state index in [-0.39, 0.29) is 0 Å². The van der Waals surface area contributed by atoms with Gasteiger partial charge in [-0.1, -0.05) is 32.1 Å². The van der Waals surface area contributed by atoms with Crippen molar-refractivity contribution in [3.8, 4) is 0 Å². The van der Waals surface area contributed by atoms with Crippen LogP contribution in [-0.4, -0.2) is 16.1 Å². The van der Waals surface area contributed by atoms with Crippen LogP contribution in [0.25, 0.3) is 0 Å². The molecule has 0 radical (unpaired) electrons. The third-order valence-electron chi connectivity index (χ3n) is 4.66. The number of rotatable bonds is 4. The molecule has 2 fully saturated rings. The van der Waals surface area contributed by atoms with Gasteiger partial charge in [-0.25, -0.2) is 4.98 Å². The van der Waals surface area contributed by atoms with Gasteiger partial charge in [0.05, 0.1) is 0 Å². The van der Waals surface area contributed by atoms with E-state index in [1.165, 1.54) is 57.8 Å². The van der Waals surface area contributed by atoms with Gasteiger partial charge in [0.25, 0.3) is 0 Å². The molecule has 0 spiro atoms. The molecule has 0 unspecified atom stereocenters. The van der Waals surface area contributed by atoms with E-state index in [1.54, 1.807) is 0 Å². The molecule has 0 saturated heterocycles. The molecule has 0 aliphatic heterocycles. The molecule has 1 N–H and O–H groups in total. The lowest BCUT2D eigenvalue weighted by Crippen LogP contribution is -2.19. The lowest BCUT2D eigenvalue weighted by molar-refractivity contribution is 0.372. The summed E-state index contributed by atoms with van der Waals surface area (Å²) in [6, 6.07) is 0.696. The van der Waals surface area contributed by atoms with Crippen LogP contribution in [-0.2, 0) is 0 Å². The molecule has 3 heteroatoms. The maximum Gasteiger partial charge on any atom is 0.203 e. The molecule has 2 saturated carbocycles. The largest absolute Gasteiger partial charge is 0.355 e. The molecule has 2 aliphatic rings. The lowest BCUT2D eigenvalue weighted by Gasteiger charge is -2.23. The summed E-state index contributed by atoms with van der Waals surface area (Å²) in [6.45, 7) is 1.11. The van der Waals surface area contributed by atoms with E-state index in [9.17, 15) is 0 Å². The summed E-state index contributed by atoms with van der Waals surface area (Å²) in [5.41, 5.74) is 0. The average molecular weight is 247 g/mol. The fraction of sp³-hybridized carbons (Fsp3) is 0.800. The van der Waals surface area contributed by atoms with Gasteiger partial charge < -0.3 is 9.88 Å². The predicted molar refractivity (Wildman–Crippen MR) is 74.8 cm³/mol. The van der Waals surface area contributed by atoms with Crippen LogP contribution < -0.4 is 5.32 Å². The zero-order valence-electron chi connectivity index (χ0n) is 11.3. The average Bonchev–Trinajstić information content (AvgIpc) is 3.08. The molecule has 3 rings (SSSR count). The van der Waals surface area contributed by atoms with Crippen LogP contribution in [0, 0.1) is 5.92 Å². The maximum absolute atomic E-state index is 4.50. The molecule has 3 nitrogen and oxygen atoms in total. The number of hydrogen-bond donors (Lipinski definition) is 1. The Labute approximate surface area is 110 Å². The van der Waals surface area contributed by atoms with Gasteiger partial charge in [-0.3, -0.25) is 0 Å². The molecule has 1 aromatic rings. The molecule has 0 amide bonds. The third kappa shape index (κ3) is 2.70. The van der Waals surface area contributed by atoms with Crippen molar-refractivity contribution in [2.24, 2.45) is 5.92 Å². The number of imidazole rings is 1. The Kier molecular flexibility index (Phi) is 3.87. The third-order valence-corrected chi connectivity index (χ3v) is 4.66. The van der Waals surface area contributed by atoms with Crippen molar-refractivity contribution in [2.45, 2.75) is 63.8 Å². The first-order valence-corrected chi connectivity index (χ1v) is 7.70. The van der Waals surface area contributed by atoms with Crippen molar-refractivity contribution in [3.63, 3.8) is 0 Å². The summed E-state index contributed by atoms with van der Waals surface area (Å²) in [4.78, 5) is 4.50. The van der Waals surface area contributed by atoms with Crippen LogP contribution in [0.1, 0.15) is 63.8 Å². The summed E-state index contributed by atoms with van der Waals surface area (Å²) in [5.74, 6) is 1.97. The monoisotopic (exact) mass is 247 g/mol. The summed E-state index contributed by atoms with van der Waals surface area (Å²) in [7, 11) is 0. The Bertz CT molecular complexity index is 360. The van der Waals surface area contributed by atoms with Crippen molar-refractivity contribution < 1.29 is 0 Å². The second-order valence-corrected chi connectivity index (χ2v) is 5.98. The number of nitrogens with zero attached hydrogens (tertiary/aromatic N) is 2. The van der Waals surface area contributed by atoms with Crippen molar-refractivity contribution >= 4 is 5.95 Å². The predicted octanol–water partition coefficient (Wildman–Crippen LogP) is 3.99. The van der Waals surface area contributed by atoms with Gasteiger partial charge in [-0.2, -0.15) is 0 Å². The van der Waals surface area contributed by atoms with Gasteiger partial charge in [0, 0.05) is 25.0 Å². The van der Waals surface area contributed by atoms with Gasteiger partial charge in [-0.05, 0) is 31.6 Å². The summed E-state index contributed by atoms with van der Waals surface area (Å²) in [5, 5.41) is 3.59. The summed E-state index contributed by atoms with van der Waals surface area (Å²) in [6.07, 6.45) is 16.6. The van der Waals surface area contributed by atoms with E-state index in [0.29, 0.717) is 6.04 Å². The van der Waals surface area contributed by atoms with Crippen LogP contribution in [0.5, 0.6) is 0 Å². The van der Waals surface area contributed by atoms with Crippen LogP contribution in [0.15, 0.2) is 12.4 Å². The minimum absolute atomic E-state index is 0.696. The van der Waals surface area contributed by atoms with E-state index in [4.69, 9.17) is 0 Å². The zero-order chi connectivity index (χ0) is 12.2. The summed E-state index contributed by atoms with van der Waals surface area (Å²) >= 11 is 0. The second kappa shape index (κ2) is 5.77. The zero-order valence-corrected chi connectivity index (χ0v) is 11.3. The first-order chi connectivity index (χ1) is 8.93.